The molecule has 0 heterocycles. The molecular weight excluding hydrogens is 347 g/mol. The highest BCUT2D eigenvalue weighted by Crippen LogP contribution is 2.53. The minimum absolute atomic E-state index is 0.432. The first-order valence-electron chi connectivity index (χ1n) is 7.51. The SMILES string of the molecule is CCCOP(=S)(Oc1ccccc1OC)Oc1ccccc1OC. The van der Waals surface area contributed by atoms with E-state index in [1.807, 2.05) is 31.2 Å². The number of rotatable bonds is 9. The van der Waals surface area contributed by atoms with E-state index < -0.39 is 6.72 Å². The van der Waals surface area contributed by atoms with Gasteiger partial charge in [0.25, 0.3) is 0 Å². The quantitative estimate of drug-likeness (QED) is 0.592. The van der Waals surface area contributed by atoms with Gasteiger partial charge in [0, 0.05) is 11.8 Å². The third-order valence-corrected chi connectivity index (χ3v) is 5.11. The van der Waals surface area contributed by atoms with Crippen LogP contribution in [0.5, 0.6) is 23.0 Å². The van der Waals surface area contributed by atoms with Crippen LogP contribution in [0.3, 0.4) is 0 Å². The van der Waals surface area contributed by atoms with Crippen LogP contribution in [-0.2, 0) is 16.3 Å². The molecule has 0 saturated heterocycles. The van der Waals surface area contributed by atoms with E-state index >= 15 is 0 Å². The fourth-order valence-corrected chi connectivity index (χ4v) is 3.94. The molecular formula is C17H21O5PS. The Morgan fingerprint density at radius 1 is 0.792 bits per heavy atom. The summed E-state index contributed by atoms with van der Waals surface area (Å²) >= 11 is 5.58. The maximum absolute atomic E-state index is 5.93. The molecule has 7 heteroatoms. The van der Waals surface area contributed by atoms with E-state index in [-0.39, 0.29) is 0 Å². The predicted molar refractivity (Wildman–Crippen MR) is 97.8 cm³/mol. The number of ether oxygens (including phenoxy) is 2. The molecule has 0 amide bonds. The van der Waals surface area contributed by atoms with Crippen LogP contribution in [0, 0.1) is 0 Å². The Balaban J connectivity index is 2.30. The molecule has 0 radical (unpaired) electrons. The zero-order chi connectivity index (χ0) is 17.4. The van der Waals surface area contributed by atoms with Crippen molar-refractivity contribution in [1.29, 1.82) is 0 Å². The van der Waals surface area contributed by atoms with Gasteiger partial charge in [-0.3, -0.25) is 4.52 Å². The van der Waals surface area contributed by atoms with Crippen molar-refractivity contribution in [3.05, 3.63) is 48.5 Å². The summed E-state index contributed by atoms with van der Waals surface area (Å²) in [4.78, 5) is 0. The molecule has 2 aromatic carbocycles. The smallest absolute Gasteiger partial charge is 0.435 e. The Kier molecular flexibility index (Phi) is 6.91. The second kappa shape index (κ2) is 8.92. The lowest BCUT2D eigenvalue weighted by Gasteiger charge is -2.24. The van der Waals surface area contributed by atoms with Crippen molar-refractivity contribution in [2.45, 2.75) is 13.3 Å². The van der Waals surface area contributed by atoms with Crippen LogP contribution in [0.25, 0.3) is 0 Å². The van der Waals surface area contributed by atoms with E-state index in [0.717, 1.165) is 6.42 Å². The molecule has 130 valence electrons. The molecule has 0 atom stereocenters. The summed E-state index contributed by atoms with van der Waals surface area (Å²) in [5.74, 6) is 2.09. The first-order chi connectivity index (χ1) is 11.6. The molecule has 0 spiro atoms. The maximum atomic E-state index is 5.93. The van der Waals surface area contributed by atoms with Gasteiger partial charge in [-0.2, -0.15) is 0 Å². The summed E-state index contributed by atoms with van der Waals surface area (Å²) in [6, 6.07) is 14.5. The summed E-state index contributed by atoms with van der Waals surface area (Å²) in [6.45, 7) is -0.663. The molecule has 2 rings (SSSR count). The molecule has 0 aliphatic rings. The van der Waals surface area contributed by atoms with Crippen LogP contribution in [0.2, 0.25) is 0 Å². The van der Waals surface area contributed by atoms with Gasteiger partial charge in [-0.05, 0) is 30.7 Å². The van der Waals surface area contributed by atoms with Gasteiger partial charge in [0.15, 0.2) is 23.0 Å². The Labute approximate surface area is 147 Å². The van der Waals surface area contributed by atoms with E-state index in [1.54, 1.807) is 38.5 Å². The standard InChI is InChI=1S/C17H21O5PS/c1-4-13-20-23(24,21-16-11-7-5-9-14(16)18-2)22-17-12-8-6-10-15(17)19-3/h5-12H,4,13H2,1-3H3. The van der Waals surface area contributed by atoms with Crippen LogP contribution >= 0.6 is 6.72 Å². The zero-order valence-corrected chi connectivity index (χ0v) is 15.6. The fraction of sp³-hybridized carbons (Fsp3) is 0.294. The Morgan fingerprint density at radius 2 is 1.21 bits per heavy atom. The molecule has 0 aromatic heterocycles. The van der Waals surface area contributed by atoms with Gasteiger partial charge >= 0.3 is 6.72 Å². The molecule has 5 nitrogen and oxygen atoms in total. The average Bonchev–Trinajstić information content (AvgIpc) is 2.61. The van der Waals surface area contributed by atoms with Crippen LogP contribution in [0.15, 0.2) is 48.5 Å². The number of benzene rings is 2. The van der Waals surface area contributed by atoms with Crippen molar-refractivity contribution in [1.82, 2.24) is 0 Å². The lowest BCUT2D eigenvalue weighted by molar-refractivity contribution is 0.256. The van der Waals surface area contributed by atoms with Gasteiger partial charge in [-0.15, -0.1) is 0 Å². The zero-order valence-electron chi connectivity index (χ0n) is 13.9. The van der Waals surface area contributed by atoms with E-state index in [0.29, 0.717) is 29.6 Å². The Morgan fingerprint density at radius 3 is 1.58 bits per heavy atom. The van der Waals surface area contributed by atoms with Crippen molar-refractivity contribution < 1.29 is 23.0 Å². The van der Waals surface area contributed by atoms with Gasteiger partial charge in [0.1, 0.15) is 0 Å². The largest absolute Gasteiger partial charge is 0.493 e. The van der Waals surface area contributed by atoms with E-state index in [4.69, 9.17) is 34.9 Å². The van der Waals surface area contributed by atoms with E-state index in [1.165, 1.54) is 0 Å². The predicted octanol–water partition coefficient (Wildman–Crippen LogP) is 4.81. The second-order valence-corrected chi connectivity index (χ2v) is 7.62. The van der Waals surface area contributed by atoms with Gasteiger partial charge in [-0.25, -0.2) is 0 Å². The summed E-state index contributed by atoms with van der Waals surface area (Å²) < 4.78 is 28.2. The van der Waals surface area contributed by atoms with Crippen LogP contribution < -0.4 is 18.5 Å². The lowest BCUT2D eigenvalue weighted by Crippen LogP contribution is -2.07. The highest BCUT2D eigenvalue weighted by molar-refractivity contribution is 8.07. The van der Waals surface area contributed by atoms with Crippen molar-refractivity contribution in [2.75, 3.05) is 20.8 Å². The van der Waals surface area contributed by atoms with Crippen molar-refractivity contribution in [3.8, 4) is 23.0 Å². The Bertz CT molecular complexity index is 653. The summed E-state index contributed by atoms with van der Waals surface area (Å²) in [6.07, 6.45) is 0.795. The molecule has 0 saturated carbocycles. The number of para-hydroxylation sites is 4. The van der Waals surface area contributed by atoms with Gasteiger partial charge in [0.2, 0.25) is 0 Å². The minimum Gasteiger partial charge on any atom is -0.493 e. The molecule has 0 N–H and O–H groups in total. The highest BCUT2D eigenvalue weighted by atomic mass is 32.5. The minimum atomic E-state index is -3.09. The first-order valence-corrected chi connectivity index (χ1v) is 10.1. The fourth-order valence-electron chi connectivity index (χ4n) is 1.90. The number of hydrogen-bond donors (Lipinski definition) is 0. The van der Waals surface area contributed by atoms with Crippen molar-refractivity contribution >= 4 is 18.5 Å². The summed E-state index contributed by atoms with van der Waals surface area (Å²) in [5, 5.41) is 0. The van der Waals surface area contributed by atoms with Crippen molar-refractivity contribution in [2.24, 2.45) is 0 Å². The average molecular weight is 368 g/mol. The van der Waals surface area contributed by atoms with Gasteiger partial charge in [-0.1, -0.05) is 31.2 Å². The number of methoxy groups -OCH3 is 2. The normalized spacial score (nSPS) is 11.0. The molecule has 0 fully saturated rings. The molecule has 0 aliphatic carbocycles. The Hall–Kier alpha value is -1.75. The van der Waals surface area contributed by atoms with Crippen LogP contribution in [0.1, 0.15) is 13.3 Å². The monoisotopic (exact) mass is 368 g/mol. The van der Waals surface area contributed by atoms with Gasteiger partial charge < -0.3 is 18.5 Å². The molecule has 0 unspecified atom stereocenters. The first kappa shape index (κ1) is 18.6. The third-order valence-electron chi connectivity index (χ3n) is 3.01. The maximum Gasteiger partial charge on any atom is 0.435 e. The van der Waals surface area contributed by atoms with Crippen LogP contribution in [0.4, 0.5) is 0 Å². The molecule has 0 bridgehead atoms. The second-order valence-electron chi connectivity index (χ2n) is 4.76. The summed E-state index contributed by atoms with van der Waals surface area (Å²) in [5.41, 5.74) is 0. The van der Waals surface area contributed by atoms with Crippen LogP contribution in [-0.4, -0.2) is 20.8 Å². The number of hydrogen-bond acceptors (Lipinski definition) is 6. The van der Waals surface area contributed by atoms with Crippen molar-refractivity contribution in [3.63, 3.8) is 0 Å². The summed E-state index contributed by atoms with van der Waals surface area (Å²) in [7, 11) is 3.14. The van der Waals surface area contributed by atoms with Gasteiger partial charge in [0.05, 0.1) is 20.8 Å². The molecule has 24 heavy (non-hydrogen) atoms. The third kappa shape index (κ3) is 4.87. The molecule has 2 aromatic rings. The highest BCUT2D eigenvalue weighted by Gasteiger charge is 2.27. The van der Waals surface area contributed by atoms with E-state index in [2.05, 4.69) is 0 Å². The lowest BCUT2D eigenvalue weighted by atomic mass is 10.3. The topological polar surface area (TPSA) is 46.2 Å². The molecule has 0 aliphatic heterocycles. The van der Waals surface area contributed by atoms with E-state index in [9.17, 15) is 0 Å².